The van der Waals surface area contributed by atoms with Crippen molar-refractivity contribution in [2.45, 2.75) is 33.6 Å². The van der Waals surface area contributed by atoms with Crippen molar-refractivity contribution in [2.75, 3.05) is 23.7 Å². The number of hydrogen-bond acceptors (Lipinski definition) is 2. The van der Waals surface area contributed by atoms with Gasteiger partial charge in [0.15, 0.2) is 0 Å². The minimum Gasteiger partial charge on any atom is -0.325 e. The van der Waals surface area contributed by atoms with Crippen LogP contribution in [0.3, 0.4) is 0 Å². The molecule has 1 aliphatic heterocycles. The third-order valence-corrected chi connectivity index (χ3v) is 5.75. The van der Waals surface area contributed by atoms with Crippen LogP contribution in [-0.2, 0) is 0 Å². The number of nitrogens with one attached hydrogen (secondary N) is 2. The molecule has 0 aliphatic carbocycles. The van der Waals surface area contributed by atoms with E-state index in [9.17, 15) is 9.59 Å². The average molecular weight is 417 g/mol. The van der Waals surface area contributed by atoms with Crippen molar-refractivity contribution in [2.24, 2.45) is 0 Å². The lowest BCUT2D eigenvalue weighted by Gasteiger charge is -2.18. The largest absolute Gasteiger partial charge is 0.325 e. The Hall–Kier alpha value is -3.54. The number of anilines is 2. The fourth-order valence-electron chi connectivity index (χ4n) is 4.16. The molecule has 31 heavy (non-hydrogen) atoms. The molecule has 0 bridgehead atoms. The Balaban J connectivity index is 1.57. The number of rotatable bonds is 4. The molecule has 0 spiro atoms. The molecule has 2 heterocycles. The molecule has 1 saturated heterocycles. The predicted molar refractivity (Wildman–Crippen MR) is 124 cm³/mol. The summed E-state index contributed by atoms with van der Waals surface area (Å²) in [6, 6.07) is 17.3. The van der Waals surface area contributed by atoms with Crippen molar-refractivity contribution >= 4 is 23.3 Å². The first-order valence-corrected chi connectivity index (χ1v) is 10.7. The van der Waals surface area contributed by atoms with E-state index in [2.05, 4.69) is 34.3 Å². The summed E-state index contributed by atoms with van der Waals surface area (Å²) in [7, 11) is 0. The van der Waals surface area contributed by atoms with E-state index in [0.717, 1.165) is 43.0 Å². The Bertz CT molecular complexity index is 1130. The normalized spacial score (nSPS) is 13.3. The molecule has 1 aliphatic rings. The fraction of sp³-hybridized carbons (Fsp3) is 0.280. The van der Waals surface area contributed by atoms with Crippen LogP contribution >= 0.6 is 0 Å². The Morgan fingerprint density at radius 2 is 1.52 bits per heavy atom. The van der Waals surface area contributed by atoms with Crippen molar-refractivity contribution in [3.8, 4) is 5.69 Å². The van der Waals surface area contributed by atoms with E-state index in [1.165, 1.54) is 5.56 Å². The number of carbonyl (C=O) groups excluding carboxylic acids is 2. The molecule has 4 rings (SSSR count). The van der Waals surface area contributed by atoms with Gasteiger partial charge in [0.2, 0.25) is 0 Å². The smallest absolute Gasteiger partial charge is 0.321 e. The number of amides is 3. The number of nitrogens with zero attached hydrogens (tertiary/aromatic N) is 2. The van der Waals surface area contributed by atoms with Crippen molar-refractivity contribution in [3.63, 3.8) is 0 Å². The first-order valence-electron chi connectivity index (χ1n) is 10.7. The van der Waals surface area contributed by atoms with E-state index in [1.807, 2.05) is 44.2 Å². The summed E-state index contributed by atoms with van der Waals surface area (Å²) in [6.07, 6.45) is 2.06. The molecule has 3 amide bonds. The van der Waals surface area contributed by atoms with E-state index in [0.29, 0.717) is 16.9 Å². The van der Waals surface area contributed by atoms with Crippen molar-refractivity contribution in [1.82, 2.24) is 9.47 Å². The van der Waals surface area contributed by atoms with Gasteiger partial charge < -0.3 is 20.1 Å². The minimum atomic E-state index is -0.199. The number of hydrogen-bond donors (Lipinski definition) is 2. The van der Waals surface area contributed by atoms with E-state index in [-0.39, 0.29) is 11.9 Å². The maximum atomic E-state index is 13.1. The van der Waals surface area contributed by atoms with Crippen molar-refractivity contribution < 1.29 is 9.59 Å². The molecular weight excluding hydrogens is 388 g/mol. The Morgan fingerprint density at radius 1 is 0.839 bits per heavy atom. The standard InChI is InChI=1S/C25H28N4O2/c1-17-9-8-10-20(15-17)29-18(2)16-21(19(29)3)24(30)26-22-11-4-5-12-23(22)27-25(31)28-13-6-7-14-28/h4-5,8-12,15-16H,6-7,13-14H2,1-3H3,(H,26,30)(H,27,31). The molecule has 0 radical (unpaired) electrons. The highest BCUT2D eigenvalue weighted by Crippen LogP contribution is 2.26. The van der Waals surface area contributed by atoms with Crippen LogP contribution in [0.5, 0.6) is 0 Å². The Morgan fingerprint density at radius 3 is 2.19 bits per heavy atom. The lowest BCUT2D eigenvalue weighted by atomic mass is 10.2. The van der Waals surface area contributed by atoms with Crippen LogP contribution in [0.25, 0.3) is 5.69 Å². The highest BCUT2D eigenvalue weighted by atomic mass is 16.2. The fourth-order valence-corrected chi connectivity index (χ4v) is 4.16. The number of para-hydroxylation sites is 2. The molecule has 2 aromatic carbocycles. The zero-order valence-electron chi connectivity index (χ0n) is 18.2. The van der Waals surface area contributed by atoms with E-state index < -0.39 is 0 Å². The summed E-state index contributed by atoms with van der Waals surface area (Å²) >= 11 is 0. The predicted octanol–water partition coefficient (Wildman–Crippen LogP) is 5.28. The molecular formula is C25H28N4O2. The van der Waals surface area contributed by atoms with Gasteiger partial charge in [-0.15, -0.1) is 0 Å². The molecule has 0 unspecified atom stereocenters. The van der Waals surface area contributed by atoms with Gasteiger partial charge in [-0.25, -0.2) is 4.79 Å². The summed E-state index contributed by atoms with van der Waals surface area (Å²) in [5, 5.41) is 5.92. The second kappa shape index (κ2) is 8.68. The zero-order chi connectivity index (χ0) is 22.0. The molecule has 6 nitrogen and oxygen atoms in total. The maximum Gasteiger partial charge on any atom is 0.321 e. The monoisotopic (exact) mass is 416 g/mol. The van der Waals surface area contributed by atoms with Gasteiger partial charge in [0, 0.05) is 30.2 Å². The minimum absolute atomic E-state index is 0.128. The third-order valence-electron chi connectivity index (χ3n) is 5.75. The van der Waals surface area contributed by atoms with Crippen LogP contribution in [0.2, 0.25) is 0 Å². The van der Waals surface area contributed by atoms with Crippen LogP contribution in [0.1, 0.15) is 40.2 Å². The molecule has 3 aromatic rings. The SMILES string of the molecule is Cc1cccc(-n2c(C)cc(C(=O)Nc3ccccc3NC(=O)N3CCCC3)c2C)c1. The van der Waals surface area contributed by atoms with Gasteiger partial charge in [-0.1, -0.05) is 24.3 Å². The van der Waals surface area contributed by atoms with Crippen LogP contribution in [0.4, 0.5) is 16.2 Å². The van der Waals surface area contributed by atoms with Crippen molar-refractivity contribution in [3.05, 3.63) is 77.1 Å². The summed E-state index contributed by atoms with van der Waals surface area (Å²) in [6.45, 7) is 7.54. The third kappa shape index (κ3) is 4.33. The van der Waals surface area contributed by atoms with Crippen molar-refractivity contribution in [1.29, 1.82) is 0 Å². The number of likely N-dealkylation sites (tertiary alicyclic amines) is 1. The second-order valence-corrected chi connectivity index (χ2v) is 8.08. The lowest BCUT2D eigenvalue weighted by Crippen LogP contribution is -2.32. The van der Waals surface area contributed by atoms with E-state index in [4.69, 9.17) is 0 Å². The van der Waals surface area contributed by atoms with Crippen LogP contribution in [0, 0.1) is 20.8 Å². The number of aryl methyl sites for hydroxylation is 2. The van der Waals surface area contributed by atoms with Gasteiger partial charge in [0.05, 0.1) is 16.9 Å². The highest BCUT2D eigenvalue weighted by molar-refractivity contribution is 6.08. The molecule has 6 heteroatoms. The highest BCUT2D eigenvalue weighted by Gasteiger charge is 2.21. The quantitative estimate of drug-likeness (QED) is 0.607. The summed E-state index contributed by atoms with van der Waals surface area (Å²) in [5.41, 5.74) is 5.86. The topological polar surface area (TPSA) is 66.4 Å². The van der Waals surface area contributed by atoms with Gasteiger partial charge in [0.25, 0.3) is 5.91 Å². The van der Waals surface area contributed by atoms with Gasteiger partial charge >= 0.3 is 6.03 Å². The molecule has 0 atom stereocenters. The number of benzene rings is 2. The Labute approximate surface area is 182 Å². The lowest BCUT2D eigenvalue weighted by molar-refractivity contribution is 0.102. The first-order chi connectivity index (χ1) is 14.9. The van der Waals surface area contributed by atoms with Crippen LogP contribution in [0.15, 0.2) is 54.6 Å². The average Bonchev–Trinajstić information content (AvgIpc) is 3.38. The first kappa shape index (κ1) is 20.7. The van der Waals surface area contributed by atoms with E-state index in [1.54, 1.807) is 17.0 Å². The van der Waals surface area contributed by atoms with Gasteiger partial charge in [-0.3, -0.25) is 4.79 Å². The molecule has 2 N–H and O–H groups in total. The summed E-state index contributed by atoms with van der Waals surface area (Å²) in [5.74, 6) is -0.199. The molecule has 1 aromatic heterocycles. The van der Waals surface area contributed by atoms with Crippen LogP contribution in [-0.4, -0.2) is 34.5 Å². The maximum absolute atomic E-state index is 13.1. The summed E-state index contributed by atoms with van der Waals surface area (Å²) in [4.78, 5) is 27.5. The van der Waals surface area contributed by atoms with E-state index >= 15 is 0 Å². The number of urea groups is 1. The number of carbonyl (C=O) groups is 2. The molecule has 1 fully saturated rings. The van der Waals surface area contributed by atoms with Gasteiger partial charge in [-0.2, -0.15) is 0 Å². The van der Waals surface area contributed by atoms with Gasteiger partial charge in [0.1, 0.15) is 0 Å². The number of aromatic nitrogens is 1. The second-order valence-electron chi connectivity index (χ2n) is 8.08. The summed E-state index contributed by atoms with van der Waals surface area (Å²) < 4.78 is 2.09. The van der Waals surface area contributed by atoms with Crippen LogP contribution < -0.4 is 10.6 Å². The van der Waals surface area contributed by atoms with Gasteiger partial charge in [-0.05, 0) is 69.5 Å². The zero-order valence-corrected chi connectivity index (χ0v) is 18.2. The molecule has 0 saturated carbocycles. The molecule has 160 valence electrons. The Kier molecular flexibility index (Phi) is 5.80.